The second-order valence-corrected chi connectivity index (χ2v) is 6.76. The number of hydrogen-bond donors (Lipinski definition) is 0. The van der Waals surface area contributed by atoms with Crippen LogP contribution in [0.4, 0.5) is 0 Å². The molecule has 0 bridgehead atoms. The Hall–Kier alpha value is -1.72. The van der Waals surface area contributed by atoms with E-state index in [9.17, 15) is 0 Å². The van der Waals surface area contributed by atoms with E-state index < -0.39 is 5.79 Å². The Kier molecular flexibility index (Phi) is 7.59. The largest absolute Gasteiger partial charge is 0.230 e. The van der Waals surface area contributed by atoms with E-state index in [1.54, 1.807) is 13.8 Å². The molecule has 0 N–H and O–H groups in total. The molecule has 2 aromatic rings. The van der Waals surface area contributed by atoms with Crippen molar-refractivity contribution in [2.24, 2.45) is 0 Å². The molecule has 0 aromatic heterocycles. The van der Waals surface area contributed by atoms with Crippen molar-refractivity contribution < 1.29 is 19.6 Å². The maximum Gasteiger partial charge on any atom is 0.228 e. The van der Waals surface area contributed by atoms with Crippen molar-refractivity contribution in [3.8, 4) is 0 Å². The average Bonchev–Trinajstić information content (AvgIpc) is 2.60. The Morgan fingerprint density at radius 3 is 1.40 bits per heavy atom. The van der Waals surface area contributed by atoms with E-state index in [2.05, 4.69) is 24.3 Å². The average molecular weight is 344 g/mol. The normalized spacial score (nSPS) is 14.2. The standard InChI is InChI=1S/C21H28O4/c1-17(15-19-11-7-5-8-12-19)22-24-21(3,4)25-23-18(2)16-20-13-9-6-10-14-20/h5-14,17-18H,15-16H2,1-4H3. The highest BCUT2D eigenvalue weighted by atomic mass is 17.3. The molecule has 0 radical (unpaired) electrons. The molecule has 0 spiro atoms. The van der Waals surface area contributed by atoms with Crippen molar-refractivity contribution in [3.63, 3.8) is 0 Å². The molecule has 0 saturated carbocycles. The van der Waals surface area contributed by atoms with Crippen LogP contribution >= 0.6 is 0 Å². The van der Waals surface area contributed by atoms with Gasteiger partial charge in [-0.1, -0.05) is 60.7 Å². The SMILES string of the molecule is CC(Cc1ccccc1)OOC(C)(C)OOC(C)Cc1ccccc1. The first-order valence-electron chi connectivity index (χ1n) is 8.71. The molecule has 0 aliphatic rings. The van der Waals surface area contributed by atoms with E-state index in [0.29, 0.717) is 0 Å². The lowest BCUT2D eigenvalue weighted by Gasteiger charge is -2.26. The highest BCUT2D eigenvalue weighted by molar-refractivity contribution is 5.15. The third-order valence-corrected chi connectivity index (χ3v) is 3.56. The van der Waals surface area contributed by atoms with Crippen molar-refractivity contribution in [2.45, 2.75) is 58.5 Å². The molecule has 136 valence electrons. The summed E-state index contributed by atoms with van der Waals surface area (Å²) in [5.74, 6) is -0.990. The zero-order valence-corrected chi connectivity index (χ0v) is 15.5. The third-order valence-electron chi connectivity index (χ3n) is 3.56. The maximum atomic E-state index is 5.46. The Bertz CT molecular complexity index is 544. The lowest BCUT2D eigenvalue weighted by Crippen LogP contribution is -2.32. The predicted octanol–water partition coefficient (Wildman–Crippen LogP) is 4.88. The van der Waals surface area contributed by atoms with Gasteiger partial charge in [-0.15, -0.1) is 0 Å². The van der Waals surface area contributed by atoms with Crippen LogP contribution in [0.1, 0.15) is 38.8 Å². The van der Waals surface area contributed by atoms with Crippen molar-refractivity contribution in [1.29, 1.82) is 0 Å². The molecule has 2 atom stereocenters. The fraction of sp³-hybridized carbons (Fsp3) is 0.429. The summed E-state index contributed by atoms with van der Waals surface area (Å²) in [5, 5.41) is 0. The summed E-state index contributed by atoms with van der Waals surface area (Å²) in [5.41, 5.74) is 2.40. The van der Waals surface area contributed by atoms with Crippen LogP contribution in [0.15, 0.2) is 60.7 Å². The molecule has 0 aliphatic heterocycles. The van der Waals surface area contributed by atoms with Gasteiger partial charge in [0.1, 0.15) is 0 Å². The summed E-state index contributed by atoms with van der Waals surface area (Å²) in [6, 6.07) is 20.3. The summed E-state index contributed by atoms with van der Waals surface area (Å²) < 4.78 is 0. The van der Waals surface area contributed by atoms with E-state index >= 15 is 0 Å². The van der Waals surface area contributed by atoms with E-state index in [1.165, 1.54) is 11.1 Å². The number of benzene rings is 2. The smallest absolute Gasteiger partial charge is 0.228 e. The van der Waals surface area contributed by atoms with E-state index in [0.717, 1.165) is 12.8 Å². The molecule has 4 heteroatoms. The van der Waals surface area contributed by atoms with Gasteiger partial charge < -0.3 is 0 Å². The summed E-state index contributed by atoms with van der Waals surface area (Å²) >= 11 is 0. The van der Waals surface area contributed by atoms with E-state index in [-0.39, 0.29) is 12.2 Å². The first-order chi connectivity index (χ1) is 11.9. The highest BCUT2D eigenvalue weighted by Gasteiger charge is 2.25. The van der Waals surface area contributed by atoms with Crippen LogP contribution in [0.2, 0.25) is 0 Å². The topological polar surface area (TPSA) is 36.9 Å². The lowest BCUT2D eigenvalue weighted by atomic mass is 10.1. The molecule has 0 fully saturated rings. The summed E-state index contributed by atoms with van der Waals surface area (Å²) in [7, 11) is 0. The fourth-order valence-electron chi connectivity index (χ4n) is 2.37. The van der Waals surface area contributed by atoms with Gasteiger partial charge in [0.15, 0.2) is 0 Å². The first kappa shape index (κ1) is 19.6. The van der Waals surface area contributed by atoms with Gasteiger partial charge in [-0.3, -0.25) is 0 Å². The minimum atomic E-state index is -0.990. The van der Waals surface area contributed by atoms with Crippen LogP contribution in [-0.2, 0) is 32.4 Å². The molecule has 2 aromatic carbocycles. The van der Waals surface area contributed by atoms with Gasteiger partial charge in [0.2, 0.25) is 5.79 Å². The number of rotatable bonds is 10. The Balaban J connectivity index is 1.69. The van der Waals surface area contributed by atoms with Crippen molar-refractivity contribution in [1.82, 2.24) is 0 Å². The molecule has 0 amide bonds. The Labute approximate surface area is 150 Å². The van der Waals surface area contributed by atoms with E-state index in [1.807, 2.05) is 50.2 Å². The lowest BCUT2D eigenvalue weighted by molar-refractivity contribution is -0.515. The minimum Gasteiger partial charge on any atom is -0.230 e. The maximum absolute atomic E-state index is 5.46. The number of hydrogen-bond acceptors (Lipinski definition) is 4. The zero-order chi connectivity index (χ0) is 18.1. The minimum absolute atomic E-state index is 0.0907. The summed E-state index contributed by atoms with van der Waals surface area (Å²) in [6.45, 7) is 7.44. The van der Waals surface area contributed by atoms with Crippen molar-refractivity contribution in [2.75, 3.05) is 0 Å². The zero-order valence-electron chi connectivity index (χ0n) is 15.5. The van der Waals surface area contributed by atoms with Crippen LogP contribution in [0.25, 0.3) is 0 Å². The van der Waals surface area contributed by atoms with Gasteiger partial charge in [-0.05, 0) is 38.8 Å². The van der Waals surface area contributed by atoms with Gasteiger partial charge in [0.05, 0.1) is 12.2 Å². The van der Waals surface area contributed by atoms with Crippen LogP contribution in [0, 0.1) is 0 Å². The van der Waals surface area contributed by atoms with Gasteiger partial charge in [-0.2, -0.15) is 9.78 Å². The predicted molar refractivity (Wildman–Crippen MR) is 97.6 cm³/mol. The Morgan fingerprint density at radius 2 is 1.04 bits per heavy atom. The fourth-order valence-corrected chi connectivity index (χ4v) is 2.37. The molecule has 2 unspecified atom stereocenters. The molecule has 4 nitrogen and oxygen atoms in total. The molecule has 2 rings (SSSR count). The molecule has 0 aliphatic carbocycles. The molecule has 25 heavy (non-hydrogen) atoms. The van der Waals surface area contributed by atoms with Crippen molar-refractivity contribution >= 4 is 0 Å². The van der Waals surface area contributed by atoms with Crippen LogP contribution in [0.3, 0.4) is 0 Å². The van der Waals surface area contributed by atoms with Crippen LogP contribution in [0.5, 0.6) is 0 Å². The third kappa shape index (κ3) is 7.80. The monoisotopic (exact) mass is 344 g/mol. The van der Waals surface area contributed by atoms with Gasteiger partial charge in [0.25, 0.3) is 0 Å². The molecule has 0 heterocycles. The molecular weight excluding hydrogens is 316 g/mol. The van der Waals surface area contributed by atoms with Gasteiger partial charge in [-0.25, -0.2) is 9.78 Å². The second-order valence-electron chi connectivity index (χ2n) is 6.76. The Morgan fingerprint density at radius 1 is 0.680 bits per heavy atom. The first-order valence-corrected chi connectivity index (χ1v) is 8.71. The van der Waals surface area contributed by atoms with E-state index in [4.69, 9.17) is 19.6 Å². The molecular formula is C21H28O4. The van der Waals surface area contributed by atoms with Crippen molar-refractivity contribution in [3.05, 3.63) is 71.8 Å². The second kappa shape index (κ2) is 9.68. The summed E-state index contributed by atoms with van der Waals surface area (Å²) in [4.78, 5) is 21.7. The van der Waals surface area contributed by atoms with Crippen LogP contribution < -0.4 is 0 Å². The highest BCUT2D eigenvalue weighted by Crippen LogP contribution is 2.17. The quantitative estimate of drug-likeness (QED) is 0.350. The summed E-state index contributed by atoms with van der Waals surface area (Å²) in [6.07, 6.45) is 1.35. The van der Waals surface area contributed by atoms with Gasteiger partial charge >= 0.3 is 0 Å². The van der Waals surface area contributed by atoms with Gasteiger partial charge in [0, 0.05) is 12.8 Å². The van der Waals surface area contributed by atoms with Crippen LogP contribution in [-0.4, -0.2) is 18.0 Å². The molecule has 0 saturated heterocycles.